The van der Waals surface area contributed by atoms with E-state index in [0.29, 0.717) is 5.56 Å². The number of hydrogen-bond acceptors (Lipinski definition) is 7. The van der Waals surface area contributed by atoms with E-state index in [0.717, 1.165) is 5.56 Å². The highest BCUT2D eigenvalue weighted by Crippen LogP contribution is 2.11. The second-order valence-electron chi connectivity index (χ2n) is 8.07. The molecule has 2 rings (SSSR count). The molecule has 9 N–H and O–H groups in total. The molecule has 3 atom stereocenters. The Bertz CT molecular complexity index is 1080. The van der Waals surface area contributed by atoms with E-state index in [-0.39, 0.29) is 18.6 Å². The van der Waals surface area contributed by atoms with E-state index in [1.165, 1.54) is 12.1 Å². The molecule has 0 saturated heterocycles. The number of primary amides is 1. The summed E-state index contributed by atoms with van der Waals surface area (Å²) < 4.78 is 0. The summed E-state index contributed by atoms with van der Waals surface area (Å²) in [5.74, 6) is -4.45. The maximum Gasteiger partial charge on any atom is 0.326 e. The number of phenols is 1. The summed E-state index contributed by atoms with van der Waals surface area (Å²) >= 11 is 0. The van der Waals surface area contributed by atoms with Gasteiger partial charge in [0.1, 0.15) is 17.8 Å². The second-order valence-corrected chi connectivity index (χ2v) is 8.07. The molecule has 4 amide bonds. The van der Waals surface area contributed by atoms with Crippen molar-refractivity contribution in [1.29, 1.82) is 0 Å². The number of rotatable bonds is 13. The molecule has 0 heterocycles. The lowest BCUT2D eigenvalue weighted by Gasteiger charge is -2.21. The van der Waals surface area contributed by atoms with Crippen molar-refractivity contribution in [2.45, 2.75) is 37.4 Å². The van der Waals surface area contributed by atoms with E-state index in [2.05, 4.69) is 16.0 Å². The predicted octanol–water partition coefficient (Wildman–Crippen LogP) is -1.45. The summed E-state index contributed by atoms with van der Waals surface area (Å²) in [6, 6.07) is 11.4. The SMILES string of the molecule is NC(=O)CC(NC(=O)CNC(=O)C(Cc1ccccc1)NC(=O)C(N)Cc1ccc(O)cc1)C(=O)O. The van der Waals surface area contributed by atoms with Gasteiger partial charge in [0.15, 0.2) is 0 Å². The molecule has 12 nitrogen and oxygen atoms in total. The number of amides is 4. The zero-order chi connectivity index (χ0) is 26.7. The molecular weight excluding hydrogens is 470 g/mol. The molecule has 0 aliphatic carbocycles. The third-order valence-electron chi connectivity index (χ3n) is 5.11. The Hall–Kier alpha value is -4.45. The molecule has 0 aromatic heterocycles. The highest BCUT2D eigenvalue weighted by Gasteiger charge is 2.26. The number of phenolic OH excluding ortho intramolecular Hbond substituents is 1. The summed E-state index contributed by atoms with van der Waals surface area (Å²) in [7, 11) is 0. The fraction of sp³-hybridized carbons (Fsp3) is 0.292. The normalized spacial score (nSPS) is 13.0. The molecule has 2 aromatic carbocycles. The first-order valence-corrected chi connectivity index (χ1v) is 11.0. The lowest BCUT2D eigenvalue weighted by Crippen LogP contribution is -2.54. The van der Waals surface area contributed by atoms with Crippen molar-refractivity contribution in [2.24, 2.45) is 11.5 Å². The van der Waals surface area contributed by atoms with Gasteiger partial charge in [-0.2, -0.15) is 0 Å². The van der Waals surface area contributed by atoms with Gasteiger partial charge in [-0.1, -0.05) is 42.5 Å². The Morgan fingerprint density at radius 3 is 2.00 bits per heavy atom. The van der Waals surface area contributed by atoms with Crippen LogP contribution in [0.1, 0.15) is 17.5 Å². The number of nitrogens with one attached hydrogen (secondary N) is 3. The minimum atomic E-state index is -1.54. The first-order chi connectivity index (χ1) is 17.0. The maximum absolute atomic E-state index is 12.8. The van der Waals surface area contributed by atoms with Gasteiger partial charge in [0, 0.05) is 6.42 Å². The molecule has 12 heteroatoms. The lowest BCUT2D eigenvalue weighted by molar-refractivity contribution is -0.143. The summed E-state index contributed by atoms with van der Waals surface area (Å²) in [4.78, 5) is 59.8. The number of carboxylic acid groups (broad SMARTS) is 1. The molecule has 0 saturated carbocycles. The number of hydrogen-bond donors (Lipinski definition) is 7. The van der Waals surface area contributed by atoms with E-state index in [4.69, 9.17) is 16.6 Å². The topological polar surface area (TPSA) is 214 Å². The van der Waals surface area contributed by atoms with Crippen LogP contribution in [0.3, 0.4) is 0 Å². The summed E-state index contributed by atoms with van der Waals surface area (Å²) in [6.07, 6.45) is -0.351. The van der Waals surface area contributed by atoms with E-state index in [1.807, 2.05) is 0 Å². The largest absolute Gasteiger partial charge is 0.508 e. The summed E-state index contributed by atoms with van der Waals surface area (Å²) in [5, 5.41) is 25.5. The Labute approximate surface area is 207 Å². The van der Waals surface area contributed by atoms with Gasteiger partial charge in [0.25, 0.3) is 0 Å². The van der Waals surface area contributed by atoms with Gasteiger partial charge in [-0.05, 0) is 29.7 Å². The molecule has 0 fully saturated rings. The van der Waals surface area contributed by atoms with E-state index >= 15 is 0 Å². The molecule has 0 aliphatic rings. The maximum atomic E-state index is 12.8. The molecule has 36 heavy (non-hydrogen) atoms. The first-order valence-electron chi connectivity index (χ1n) is 11.0. The van der Waals surface area contributed by atoms with E-state index in [9.17, 15) is 29.1 Å². The van der Waals surface area contributed by atoms with Crippen LogP contribution in [0.5, 0.6) is 5.75 Å². The summed E-state index contributed by atoms with van der Waals surface area (Å²) in [6.45, 7) is -0.595. The van der Waals surface area contributed by atoms with Crippen LogP contribution < -0.4 is 27.4 Å². The van der Waals surface area contributed by atoms with Crippen molar-refractivity contribution in [3.05, 3.63) is 65.7 Å². The quantitative estimate of drug-likeness (QED) is 0.173. The monoisotopic (exact) mass is 499 g/mol. The predicted molar refractivity (Wildman–Crippen MR) is 128 cm³/mol. The van der Waals surface area contributed by atoms with Crippen LogP contribution in [0.4, 0.5) is 0 Å². The highest BCUT2D eigenvalue weighted by molar-refractivity contribution is 5.93. The van der Waals surface area contributed by atoms with Gasteiger partial charge in [-0.25, -0.2) is 4.79 Å². The van der Waals surface area contributed by atoms with Gasteiger partial charge in [0.2, 0.25) is 23.6 Å². The van der Waals surface area contributed by atoms with Gasteiger partial charge >= 0.3 is 5.97 Å². The fourth-order valence-corrected chi connectivity index (χ4v) is 3.25. The lowest BCUT2D eigenvalue weighted by atomic mass is 10.0. The number of aromatic hydroxyl groups is 1. The number of benzene rings is 2. The van der Waals surface area contributed by atoms with Crippen molar-refractivity contribution in [3.63, 3.8) is 0 Å². The molecule has 0 aliphatic heterocycles. The second kappa shape index (κ2) is 13.4. The Balaban J connectivity index is 2.03. The van der Waals surface area contributed by atoms with Crippen molar-refractivity contribution >= 4 is 29.6 Å². The third-order valence-corrected chi connectivity index (χ3v) is 5.11. The van der Waals surface area contributed by atoms with Crippen molar-refractivity contribution in [3.8, 4) is 5.75 Å². The van der Waals surface area contributed by atoms with Crippen molar-refractivity contribution in [1.82, 2.24) is 16.0 Å². The number of carbonyl (C=O) groups is 5. The van der Waals surface area contributed by atoms with Crippen LogP contribution in [-0.4, -0.2) is 64.5 Å². The smallest absolute Gasteiger partial charge is 0.326 e. The van der Waals surface area contributed by atoms with E-state index < -0.39 is 60.7 Å². The number of aliphatic carboxylic acids is 1. The average molecular weight is 500 g/mol. The van der Waals surface area contributed by atoms with Crippen LogP contribution >= 0.6 is 0 Å². The zero-order valence-corrected chi connectivity index (χ0v) is 19.3. The van der Waals surface area contributed by atoms with Crippen LogP contribution in [0.2, 0.25) is 0 Å². The number of carboxylic acids is 1. The first kappa shape index (κ1) is 27.8. The Kier molecular flexibility index (Phi) is 10.4. The van der Waals surface area contributed by atoms with Crippen LogP contribution in [0, 0.1) is 0 Å². The molecule has 0 radical (unpaired) electrons. The third kappa shape index (κ3) is 9.43. The Morgan fingerprint density at radius 1 is 0.806 bits per heavy atom. The fourth-order valence-electron chi connectivity index (χ4n) is 3.25. The molecule has 0 bridgehead atoms. The van der Waals surface area contributed by atoms with E-state index in [1.54, 1.807) is 42.5 Å². The molecule has 0 spiro atoms. The molecule has 192 valence electrons. The standard InChI is InChI=1S/C24H29N5O7/c25-17(10-15-6-8-16(30)9-7-15)22(33)29-18(11-14-4-2-1-3-5-14)23(34)27-13-21(32)28-19(24(35)36)12-20(26)31/h1-9,17-19,30H,10-13,25H2,(H2,26,31)(H,27,34)(H,28,32)(H,29,33)(H,35,36). The van der Waals surface area contributed by atoms with Crippen molar-refractivity contribution < 1.29 is 34.2 Å². The molecule has 2 aromatic rings. The molecule has 3 unspecified atom stereocenters. The van der Waals surface area contributed by atoms with Crippen LogP contribution in [0.25, 0.3) is 0 Å². The average Bonchev–Trinajstić information content (AvgIpc) is 2.83. The highest BCUT2D eigenvalue weighted by atomic mass is 16.4. The number of nitrogens with two attached hydrogens (primary N) is 2. The Morgan fingerprint density at radius 2 is 1.42 bits per heavy atom. The molecular formula is C24H29N5O7. The van der Waals surface area contributed by atoms with Gasteiger partial charge in [-0.3, -0.25) is 19.2 Å². The van der Waals surface area contributed by atoms with Gasteiger partial charge < -0.3 is 37.6 Å². The summed E-state index contributed by atoms with van der Waals surface area (Å²) in [5.41, 5.74) is 12.4. The minimum absolute atomic E-state index is 0.0738. The zero-order valence-electron chi connectivity index (χ0n) is 19.3. The van der Waals surface area contributed by atoms with Gasteiger partial charge in [-0.15, -0.1) is 0 Å². The van der Waals surface area contributed by atoms with Crippen LogP contribution in [0.15, 0.2) is 54.6 Å². The van der Waals surface area contributed by atoms with Crippen LogP contribution in [-0.2, 0) is 36.8 Å². The number of carbonyl (C=O) groups excluding carboxylic acids is 4. The minimum Gasteiger partial charge on any atom is -0.508 e. The van der Waals surface area contributed by atoms with Crippen molar-refractivity contribution in [2.75, 3.05) is 6.54 Å². The van der Waals surface area contributed by atoms with Gasteiger partial charge in [0.05, 0.1) is 19.0 Å².